The quantitative estimate of drug-likeness (QED) is 0.728. The predicted molar refractivity (Wildman–Crippen MR) is 62.1 cm³/mol. The molecule has 1 aliphatic rings. The van der Waals surface area contributed by atoms with E-state index in [4.69, 9.17) is 0 Å². The van der Waals surface area contributed by atoms with E-state index in [9.17, 15) is 9.59 Å². The lowest BCUT2D eigenvalue weighted by Crippen LogP contribution is -2.28. The minimum absolute atomic E-state index is 0.0934. The minimum Gasteiger partial charge on any atom is -0.299 e. The van der Waals surface area contributed by atoms with Gasteiger partial charge in [-0.1, -0.05) is 36.8 Å². The number of hydrogen-bond donors (Lipinski definition) is 0. The molecule has 16 heavy (non-hydrogen) atoms. The third kappa shape index (κ3) is 2.57. The van der Waals surface area contributed by atoms with Crippen molar-refractivity contribution >= 4 is 11.6 Å². The van der Waals surface area contributed by atoms with Crippen molar-refractivity contribution in [2.75, 3.05) is 0 Å². The molecule has 1 aromatic carbocycles. The lowest BCUT2D eigenvalue weighted by Gasteiger charge is -2.19. The van der Waals surface area contributed by atoms with Crippen LogP contribution < -0.4 is 0 Å². The Morgan fingerprint density at radius 2 is 1.94 bits per heavy atom. The van der Waals surface area contributed by atoms with Crippen molar-refractivity contribution in [3.63, 3.8) is 0 Å². The molecule has 2 heteroatoms. The summed E-state index contributed by atoms with van der Waals surface area (Å²) in [5, 5.41) is 0. The van der Waals surface area contributed by atoms with Gasteiger partial charge >= 0.3 is 0 Å². The Hall–Kier alpha value is -1.44. The fourth-order valence-corrected chi connectivity index (χ4v) is 2.24. The van der Waals surface area contributed by atoms with Gasteiger partial charge in [-0.05, 0) is 18.4 Å². The first-order valence-corrected chi connectivity index (χ1v) is 5.87. The van der Waals surface area contributed by atoms with E-state index in [0.29, 0.717) is 12.8 Å². The maximum Gasteiger partial charge on any atom is 0.147 e. The topological polar surface area (TPSA) is 34.1 Å². The number of benzene rings is 1. The summed E-state index contributed by atoms with van der Waals surface area (Å²) in [6.07, 6.45) is 3.71. The number of hydrogen-bond acceptors (Lipinski definition) is 2. The highest BCUT2D eigenvalue weighted by molar-refractivity contribution is 6.03. The lowest BCUT2D eigenvalue weighted by atomic mass is 9.83. The molecule has 0 amide bonds. The summed E-state index contributed by atoms with van der Waals surface area (Å²) >= 11 is 0. The molecule has 1 aromatic rings. The highest BCUT2D eigenvalue weighted by atomic mass is 16.1. The maximum absolute atomic E-state index is 12.0. The molecule has 0 unspecified atom stereocenters. The Kier molecular flexibility index (Phi) is 3.50. The molecular weight excluding hydrogens is 200 g/mol. The molecule has 0 aromatic heterocycles. The summed E-state index contributed by atoms with van der Waals surface area (Å²) in [7, 11) is 0. The second-order valence-corrected chi connectivity index (χ2v) is 4.39. The van der Waals surface area contributed by atoms with Gasteiger partial charge in [-0.25, -0.2) is 0 Å². The van der Waals surface area contributed by atoms with Crippen LogP contribution in [0, 0.1) is 5.92 Å². The number of ketones is 2. The predicted octanol–water partition coefficient (Wildman–Crippen LogP) is 2.56. The SMILES string of the molecule is O=C1CCCC[C@@H]1C(=O)Cc1ccccc1. The van der Waals surface area contributed by atoms with E-state index in [1.54, 1.807) is 0 Å². The monoisotopic (exact) mass is 216 g/mol. The molecule has 0 saturated heterocycles. The highest BCUT2D eigenvalue weighted by Crippen LogP contribution is 2.22. The molecule has 0 N–H and O–H groups in total. The van der Waals surface area contributed by atoms with Gasteiger partial charge in [0.1, 0.15) is 11.6 Å². The smallest absolute Gasteiger partial charge is 0.147 e. The van der Waals surface area contributed by atoms with Crippen LogP contribution in [-0.4, -0.2) is 11.6 Å². The van der Waals surface area contributed by atoms with Crippen molar-refractivity contribution in [2.45, 2.75) is 32.1 Å². The van der Waals surface area contributed by atoms with Gasteiger partial charge in [-0.3, -0.25) is 9.59 Å². The number of rotatable bonds is 3. The molecule has 1 aliphatic carbocycles. The normalized spacial score (nSPS) is 20.8. The standard InChI is InChI=1S/C14H16O2/c15-13-9-5-4-8-12(13)14(16)10-11-6-2-1-3-7-11/h1-3,6-7,12H,4-5,8-10H2/t12-/m0/s1. The second kappa shape index (κ2) is 5.06. The highest BCUT2D eigenvalue weighted by Gasteiger charge is 2.28. The first-order chi connectivity index (χ1) is 7.77. The molecule has 0 aliphatic heterocycles. The van der Waals surface area contributed by atoms with Gasteiger partial charge in [0.2, 0.25) is 0 Å². The Morgan fingerprint density at radius 1 is 1.19 bits per heavy atom. The van der Waals surface area contributed by atoms with Crippen LogP contribution in [0.1, 0.15) is 31.2 Å². The van der Waals surface area contributed by atoms with E-state index in [2.05, 4.69) is 0 Å². The van der Waals surface area contributed by atoms with Crippen LogP contribution in [0.15, 0.2) is 30.3 Å². The van der Waals surface area contributed by atoms with Crippen molar-refractivity contribution in [3.05, 3.63) is 35.9 Å². The van der Waals surface area contributed by atoms with Gasteiger partial charge in [0, 0.05) is 12.8 Å². The van der Waals surface area contributed by atoms with Crippen molar-refractivity contribution in [2.24, 2.45) is 5.92 Å². The summed E-state index contributed by atoms with van der Waals surface area (Å²) in [5.41, 5.74) is 1.01. The van der Waals surface area contributed by atoms with Gasteiger partial charge in [-0.2, -0.15) is 0 Å². The van der Waals surface area contributed by atoms with Crippen molar-refractivity contribution in [3.8, 4) is 0 Å². The van der Waals surface area contributed by atoms with Gasteiger partial charge in [0.15, 0.2) is 0 Å². The molecule has 0 spiro atoms. The molecule has 0 bridgehead atoms. The van der Waals surface area contributed by atoms with E-state index in [0.717, 1.165) is 24.8 Å². The zero-order chi connectivity index (χ0) is 11.4. The lowest BCUT2D eigenvalue weighted by molar-refractivity contribution is -0.134. The van der Waals surface area contributed by atoms with Crippen molar-refractivity contribution < 1.29 is 9.59 Å². The van der Waals surface area contributed by atoms with E-state index in [-0.39, 0.29) is 17.5 Å². The summed E-state index contributed by atoms with van der Waals surface area (Å²) in [6, 6.07) is 9.65. The van der Waals surface area contributed by atoms with Crippen LogP contribution in [0.4, 0.5) is 0 Å². The Morgan fingerprint density at radius 3 is 2.62 bits per heavy atom. The van der Waals surface area contributed by atoms with E-state index >= 15 is 0 Å². The summed E-state index contributed by atoms with van der Waals surface area (Å²) < 4.78 is 0. The van der Waals surface area contributed by atoms with Crippen LogP contribution in [-0.2, 0) is 16.0 Å². The van der Waals surface area contributed by atoms with Crippen LogP contribution in [0.2, 0.25) is 0 Å². The fraction of sp³-hybridized carbons (Fsp3) is 0.429. The van der Waals surface area contributed by atoms with Crippen LogP contribution in [0.3, 0.4) is 0 Å². The summed E-state index contributed by atoms with van der Waals surface area (Å²) in [4.78, 5) is 23.6. The summed E-state index contributed by atoms with van der Waals surface area (Å²) in [5.74, 6) is -0.0861. The molecule has 2 rings (SSSR count). The molecular formula is C14H16O2. The second-order valence-electron chi connectivity index (χ2n) is 4.39. The van der Waals surface area contributed by atoms with Crippen molar-refractivity contribution in [1.29, 1.82) is 0 Å². The van der Waals surface area contributed by atoms with Gasteiger partial charge in [0.25, 0.3) is 0 Å². The third-order valence-electron chi connectivity index (χ3n) is 3.16. The Bertz CT molecular complexity index is 381. The molecule has 1 fully saturated rings. The third-order valence-corrected chi connectivity index (χ3v) is 3.16. The minimum atomic E-state index is -0.325. The number of carbonyl (C=O) groups is 2. The largest absolute Gasteiger partial charge is 0.299 e. The number of Topliss-reactive ketones (excluding diaryl/α,β-unsaturated/α-hetero) is 2. The summed E-state index contributed by atoms with van der Waals surface area (Å²) in [6.45, 7) is 0. The molecule has 1 saturated carbocycles. The molecule has 1 atom stereocenters. The van der Waals surface area contributed by atoms with Gasteiger partial charge in [-0.15, -0.1) is 0 Å². The molecule has 2 nitrogen and oxygen atoms in total. The average Bonchev–Trinajstić information content (AvgIpc) is 2.31. The first-order valence-electron chi connectivity index (χ1n) is 5.87. The van der Waals surface area contributed by atoms with Gasteiger partial charge in [0.05, 0.1) is 5.92 Å². The average molecular weight is 216 g/mol. The fourth-order valence-electron chi connectivity index (χ4n) is 2.24. The van der Waals surface area contributed by atoms with E-state index < -0.39 is 0 Å². The Balaban J connectivity index is 2.00. The van der Waals surface area contributed by atoms with E-state index in [1.165, 1.54) is 0 Å². The van der Waals surface area contributed by atoms with Crippen LogP contribution in [0.5, 0.6) is 0 Å². The van der Waals surface area contributed by atoms with Gasteiger partial charge < -0.3 is 0 Å². The van der Waals surface area contributed by atoms with E-state index in [1.807, 2.05) is 30.3 Å². The maximum atomic E-state index is 12.0. The van der Waals surface area contributed by atoms with Crippen LogP contribution >= 0.6 is 0 Å². The van der Waals surface area contributed by atoms with Crippen LogP contribution in [0.25, 0.3) is 0 Å². The molecule has 0 heterocycles. The van der Waals surface area contributed by atoms with Crippen molar-refractivity contribution in [1.82, 2.24) is 0 Å². The zero-order valence-corrected chi connectivity index (χ0v) is 9.32. The molecule has 0 radical (unpaired) electrons. The Labute approximate surface area is 95.7 Å². The number of carbonyl (C=O) groups excluding carboxylic acids is 2. The first kappa shape index (κ1) is 11.1. The molecule has 84 valence electrons. The zero-order valence-electron chi connectivity index (χ0n) is 9.32.